The fourth-order valence-electron chi connectivity index (χ4n) is 2.85. The molecule has 0 saturated heterocycles. The minimum atomic E-state index is -0.653. The van der Waals surface area contributed by atoms with Gasteiger partial charge in [0.15, 0.2) is 5.82 Å². The van der Waals surface area contributed by atoms with Crippen LogP contribution in [0.25, 0.3) is 11.0 Å². The second-order valence-corrected chi connectivity index (χ2v) is 4.99. The van der Waals surface area contributed by atoms with Gasteiger partial charge in [-0.1, -0.05) is 0 Å². The maximum absolute atomic E-state index is 13.4. The molecule has 1 fully saturated rings. The third-order valence-corrected chi connectivity index (χ3v) is 3.84. The number of anilines is 1. The van der Waals surface area contributed by atoms with Crippen molar-refractivity contribution in [2.24, 2.45) is 5.92 Å². The quantitative estimate of drug-likeness (QED) is 0.432. The summed E-state index contributed by atoms with van der Waals surface area (Å²) < 4.78 is 15.2. The van der Waals surface area contributed by atoms with Crippen LogP contribution in [-0.4, -0.2) is 25.6 Å². The summed E-state index contributed by atoms with van der Waals surface area (Å²) in [4.78, 5) is 19.1. The Morgan fingerprint density at radius 1 is 1.55 bits per heavy atom. The lowest BCUT2D eigenvalue weighted by molar-refractivity contribution is -0.133. The fraction of sp³-hybridized carbons (Fsp3) is 0.417. The van der Waals surface area contributed by atoms with Gasteiger partial charge in [0.1, 0.15) is 5.52 Å². The summed E-state index contributed by atoms with van der Waals surface area (Å²) in [6.45, 7) is 0. The predicted octanol–water partition coefficient (Wildman–Crippen LogP) is 0.999. The van der Waals surface area contributed by atoms with Crippen molar-refractivity contribution in [3.05, 3.63) is 18.3 Å². The molecular weight excluding hydrogens is 265 g/mol. The molecule has 8 heteroatoms. The van der Waals surface area contributed by atoms with E-state index < -0.39 is 5.95 Å². The van der Waals surface area contributed by atoms with Crippen molar-refractivity contribution < 1.29 is 14.4 Å². The molecule has 2 atom stereocenters. The van der Waals surface area contributed by atoms with E-state index in [0.29, 0.717) is 23.9 Å². The molecule has 106 valence electrons. The molecule has 20 heavy (non-hydrogen) atoms. The number of imidazole rings is 1. The zero-order valence-electron chi connectivity index (χ0n) is 10.6. The van der Waals surface area contributed by atoms with E-state index in [-0.39, 0.29) is 23.7 Å². The van der Waals surface area contributed by atoms with Gasteiger partial charge < -0.3 is 10.3 Å². The molecule has 0 spiro atoms. The normalized spacial score (nSPS) is 22.3. The number of halogens is 1. The minimum Gasteiger partial charge on any atom is -0.382 e. The second kappa shape index (κ2) is 4.71. The Balaban J connectivity index is 1.94. The zero-order chi connectivity index (χ0) is 14.3. The van der Waals surface area contributed by atoms with Crippen molar-refractivity contribution in [1.29, 1.82) is 0 Å². The third kappa shape index (κ3) is 1.97. The van der Waals surface area contributed by atoms with Crippen molar-refractivity contribution >= 4 is 22.8 Å². The summed E-state index contributed by atoms with van der Waals surface area (Å²) in [5.41, 5.74) is 8.35. The number of pyridine rings is 1. The number of hydrogen-bond donors (Lipinski definition) is 3. The van der Waals surface area contributed by atoms with Crippen molar-refractivity contribution in [1.82, 2.24) is 20.0 Å². The Kier molecular flexibility index (Phi) is 3.01. The number of nitrogens with two attached hydrogens (primary N) is 1. The third-order valence-electron chi connectivity index (χ3n) is 3.84. The molecule has 2 heterocycles. The Labute approximate surface area is 113 Å². The largest absolute Gasteiger partial charge is 0.382 e. The van der Waals surface area contributed by atoms with Crippen molar-refractivity contribution in [2.75, 3.05) is 5.73 Å². The number of hydroxylamine groups is 1. The molecule has 1 aliphatic carbocycles. The van der Waals surface area contributed by atoms with Crippen LogP contribution in [-0.2, 0) is 4.79 Å². The lowest BCUT2D eigenvalue weighted by atomic mass is 10.1. The number of nitrogens with one attached hydrogen (secondary N) is 1. The maximum Gasteiger partial charge on any atom is 0.246 e. The highest BCUT2D eigenvalue weighted by atomic mass is 19.1. The van der Waals surface area contributed by atoms with Crippen LogP contribution < -0.4 is 11.2 Å². The van der Waals surface area contributed by atoms with Gasteiger partial charge in [0.2, 0.25) is 11.9 Å². The number of nitrogens with zero attached hydrogens (tertiary/aromatic N) is 3. The van der Waals surface area contributed by atoms with Crippen LogP contribution in [0.15, 0.2) is 12.4 Å². The molecule has 1 saturated carbocycles. The molecule has 2 aromatic heterocycles. The molecule has 1 amide bonds. The summed E-state index contributed by atoms with van der Waals surface area (Å²) in [5.74, 6) is -1.23. The van der Waals surface area contributed by atoms with Crippen LogP contribution >= 0.6 is 0 Å². The molecule has 0 aliphatic heterocycles. The van der Waals surface area contributed by atoms with Crippen LogP contribution in [0.5, 0.6) is 0 Å². The number of carbonyl (C=O) groups excluding carboxylic acids is 1. The number of carbonyl (C=O) groups is 1. The van der Waals surface area contributed by atoms with Gasteiger partial charge in [0.25, 0.3) is 0 Å². The Bertz CT molecular complexity index is 671. The van der Waals surface area contributed by atoms with E-state index in [1.165, 1.54) is 6.07 Å². The van der Waals surface area contributed by atoms with Crippen LogP contribution in [0, 0.1) is 11.9 Å². The number of amides is 1. The van der Waals surface area contributed by atoms with Gasteiger partial charge in [-0.05, 0) is 19.3 Å². The molecule has 0 radical (unpaired) electrons. The first-order valence-corrected chi connectivity index (χ1v) is 6.32. The average molecular weight is 279 g/mol. The maximum atomic E-state index is 13.4. The highest BCUT2D eigenvalue weighted by molar-refractivity contribution is 5.84. The monoisotopic (exact) mass is 279 g/mol. The first-order valence-electron chi connectivity index (χ1n) is 6.32. The van der Waals surface area contributed by atoms with Crippen molar-refractivity contribution in [3.8, 4) is 0 Å². The van der Waals surface area contributed by atoms with Gasteiger partial charge >= 0.3 is 0 Å². The molecule has 3 rings (SSSR count). The predicted molar refractivity (Wildman–Crippen MR) is 68.2 cm³/mol. The molecule has 2 aromatic rings. The smallest absolute Gasteiger partial charge is 0.246 e. The van der Waals surface area contributed by atoms with Crippen LogP contribution in [0.1, 0.15) is 25.3 Å². The molecule has 1 aliphatic rings. The highest BCUT2D eigenvalue weighted by Crippen LogP contribution is 2.36. The second-order valence-electron chi connectivity index (χ2n) is 4.99. The molecule has 4 N–H and O–H groups in total. The summed E-state index contributed by atoms with van der Waals surface area (Å²) in [7, 11) is 0. The SMILES string of the molecule is Nc1nc(F)cc2c1ncn2[C@@H]1CC[C@@H](C(=O)NO)C1. The van der Waals surface area contributed by atoms with Crippen molar-refractivity contribution in [3.63, 3.8) is 0 Å². The molecule has 0 aromatic carbocycles. The number of rotatable bonds is 2. The van der Waals surface area contributed by atoms with E-state index in [2.05, 4.69) is 9.97 Å². The van der Waals surface area contributed by atoms with Crippen LogP contribution in [0.3, 0.4) is 0 Å². The minimum absolute atomic E-state index is 0.0310. The Morgan fingerprint density at radius 3 is 3.10 bits per heavy atom. The fourth-order valence-corrected chi connectivity index (χ4v) is 2.85. The Hall–Kier alpha value is -2.22. The topological polar surface area (TPSA) is 106 Å². The first-order chi connectivity index (χ1) is 9.60. The van der Waals surface area contributed by atoms with Crippen molar-refractivity contribution in [2.45, 2.75) is 25.3 Å². The number of fused-ring (bicyclic) bond motifs is 1. The van der Waals surface area contributed by atoms with Gasteiger partial charge in [0.05, 0.1) is 11.8 Å². The van der Waals surface area contributed by atoms with Gasteiger partial charge in [0, 0.05) is 18.0 Å². The van der Waals surface area contributed by atoms with Gasteiger partial charge in [-0.3, -0.25) is 10.0 Å². The van der Waals surface area contributed by atoms with E-state index in [4.69, 9.17) is 10.9 Å². The average Bonchev–Trinajstić information content (AvgIpc) is 3.03. The summed E-state index contributed by atoms with van der Waals surface area (Å²) in [6.07, 6.45) is 3.58. The lowest BCUT2D eigenvalue weighted by Crippen LogP contribution is -2.26. The number of nitrogen functional groups attached to an aromatic ring is 1. The number of aromatic nitrogens is 3. The van der Waals surface area contributed by atoms with Gasteiger partial charge in [-0.15, -0.1) is 0 Å². The summed E-state index contributed by atoms with van der Waals surface area (Å²) in [5, 5.41) is 8.66. The molecule has 7 nitrogen and oxygen atoms in total. The van der Waals surface area contributed by atoms with E-state index in [1.54, 1.807) is 11.8 Å². The Morgan fingerprint density at radius 2 is 2.35 bits per heavy atom. The van der Waals surface area contributed by atoms with E-state index >= 15 is 0 Å². The summed E-state index contributed by atoms with van der Waals surface area (Å²) in [6, 6.07) is 1.32. The molecule has 0 bridgehead atoms. The summed E-state index contributed by atoms with van der Waals surface area (Å²) >= 11 is 0. The van der Waals surface area contributed by atoms with E-state index in [9.17, 15) is 9.18 Å². The van der Waals surface area contributed by atoms with E-state index in [0.717, 1.165) is 6.42 Å². The van der Waals surface area contributed by atoms with Crippen LogP contribution in [0.2, 0.25) is 0 Å². The van der Waals surface area contributed by atoms with Crippen LogP contribution in [0.4, 0.5) is 10.2 Å². The van der Waals surface area contributed by atoms with Gasteiger partial charge in [-0.25, -0.2) is 15.4 Å². The number of hydrogen-bond acceptors (Lipinski definition) is 5. The zero-order valence-corrected chi connectivity index (χ0v) is 10.6. The first kappa shape index (κ1) is 12.8. The molecule has 0 unspecified atom stereocenters. The standard InChI is InChI=1S/C12H14FN5O2/c13-9-4-8-10(11(14)16-9)15-5-18(8)7-2-1-6(3-7)12(19)17-20/h4-7,20H,1-3H2,(H2,14,16)(H,17,19)/t6-,7-/m1/s1. The van der Waals surface area contributed by atoms with E-state index in [1.807, 2.05) is 4.57 Å². The lowest BCUT2D eigenvalue weighted by Gasteiger charge is -2.13. The van der Waals surface area contributed by atoms with Gasteiger partial charge in [-0.2, -0.15) is 4.39 Å². The highest BCUT2D eigenvalue weighted by Gasteiger charge is 2.31. The molecular formula is C12H14FN5O2.